The third-order valence-corrected chi connectivity index (χ3v) is 4.57. The first-order valence-electron chi connectivity index (χ1n) is 6.79. The van der Waals surface area contributed by atoms with Gasteiger partial charge in [0, 0.05) is 11.3 Å². The van der Waals surface area contributed by atoms with Crippen molar-refractivity contribution in [2.45, 2.75) is 17.8 Å². The van der Waals surface area contributed by atoms with Crippen LogP contribution < -0.4 is 5.84 Å². The van der Waals surface area contributed by atoms with Crippen LogP contribution >= 0.6 is 23.4 Å². The average molecular weight is 331 g/mol. The number of halogens is 1. The minimum absolute atomic E-state index is 0.567. The number of thioether (sulfide) groups is 1. The Morgan fingerprint density at radius 3 is 2.73 bits per heavy atom. The van der Waals surface area contributed by atoms with Gasteiger partial charge in [-0.1, -0.05) is 65.3 Å². The lowest BCUT2D eigenvalue weighted by Crippen LogP contribution is -2.11. The van der Waals surface area contributed by atoms with Crippen LogP contribution in [0.15, 0.2) is 53.7 Å². The molecule has 0 saturated heterocycles. The molecular weight excluding hydrogens is 316 g/mol. The molecule has 22 heavy (non-hydrogen) atoms. The molecule has 0 saturated carbocycles. The van der Waals surface area contributed by atoms with Crippen LogP contribution in [0.5, 0.6) is 0 Å². The van der Waals surface area contributed by atoms with Gasteiger partial charge in [-0.3, -0.25) is 0 Å². The number of benzene rings is 2. The third kappa shape index (κ3) is 3.10. The molecule has 0 amide bonds. The zero-order valence-electron chi connectivity index (χ0n) is 12.0. The zero-order chi connectivity index (χ0) is 15.5. The Morgan fingerprint density at radius 2 is 1.95 bits per heavy atom. The fraction of sp³-hybridized carbons (Fsp3) is 0.125. The number of nitrogen functional groups attached to an aromatic ring is 1. The van der Waals surface area contributed by atoms with Crippen LogP contribution in [0.3, 0.4) is 0 Å². The van der Waals surface area contributed by atoms with E-state index in [0.717, 1.165) is 11.3 Å². The molecule has 0 unspecified atom stereocenters. The van der Waals surface area contributed by atoms with E-state index < -0.39 is 0 Å². The second-order valence-electron chi connectivity index (χ2n) is 4.93. The van der Waals surface area contributed by atoms with E-state index in [-0.39, 0.29) is 0 Å². The molecule has 3 rings (SSSR count). The summed E-state index contributed by atoms with van der Waals surface area (Å²) in [6, 6.07) is 15.8. The quantitative estimate of drug-likeness (QED) is 0.582. The van der Waals surface area contributed by atoms with E-state index in [1.807, 2.05) is 30.3 Å². The number of aromatic nitrogens is 3. The van der Waals surface area contributed by atoms with Gasteiger partial charge in [0.25, 0.3) is 0 Å². The molecule has 6 heteroatoms. The highest BCUT2D eigenvalue weighted by atomic mass is 35.5. The van der Waals surface area contributed by atoms with Crippen LogP contribution in [0, 0.1) is 6.92 Å². The highest BCUT2D eigenvalue weighted by molar-refractivity contribution is 7.98. The zero-order valence-corrected chi connectivity index (χ0v) is 13.6. The molecule has 1 heterocycles. The van der Waals surface area contributed by atoms with Crippen molar-refractivity contribution in [2.75, 3.05) is 5.84 Å². The summed E-state index contributed by atoms with van der Waals surface area (Å²) in [5, 5.41) is 9.59. The smallest absolute Gasteiger partial charge is 0.210 e. The van der Waals surface area contributed by atoms with Crippen molar-refractivity contribution in [2.24, 2.45) is 0 Å². The maximum Gasteiger partial charge on any atom is 0.210 e. The Hall–Kier alpha value is -1.98. The van der Waals surface area contributed by atoms with Crippen LogP contribution in [0.4, 0.5) is 0 Å². The topological polar surface area (TPSA) is 56.7 Å². The fourth-order valence-electron chi connectivity index (χ4n) is 2.15. The molecule has 0 aliphatic rings. The van der Waals surface area contributed by atoms with Crippen LogP contribution in [0.2, 0.25) is 5.02 Å². The van der Waals surface area contributed by atoms with Crippen LogP contribution in [0.25, 0.3) is 11.4 Å². The van der Waals surface area contributed by atoms with E-state index in [9.17, 15) is 0 Å². The number of aryl methyl sites for hydroxylation is 1. The molecule has 0 spiro atoms. The van der Waals surface area contributed by atoms with Crippen molar-refractivity contribution < 1.29 is 0 Å². The Labute approximate surface area is 138 Å². The van der Waals surface area contributed by atoms with Crippen molar-refractivity contribution in [3.8, 4) is 11.4 Å². The summed E-state index contributed by atoms with van der Waals surface area (Å²) in [6.45, 7) is 2.08. The lowest BCUT2D eigenvalue weighted by molar-refractivity contribution is 0.849. The SMILES string of the molecule is Cc1cccc(CSc2nnc(-c3ccccc3Cl)n2N)c1. The summed E-state index contributed by atoms with van der Waals surface area (Å²) in [5.74, 6) is 7.47. The van der Waals surface area contributed by atoms with E-state index in [1.54, 1.807) is 11.8 Å². The number of hydrogen-bond donors (Lipinski definition) is 1. The Balaban J connectivity index is 1.81. The number of hydrogen-bond acceptors (Lipinski definition) is 4. The van der Waals surface area contributed by atoms with Crippen LogP contribution in [0.1, 0.15) is 11.1 Å². The van der Waals surface area contributed by atoms with Gasteiger partial charge in [0.15, 0.2) is 5.82 Å². The van der Waals surface area contributed by atoms with Gasteiger partial charge in [-0.15, -0.1) is 10.2 Å². The van der Waals surface area contributed by atoms with Gasteiger partial charge < -0.3 is 5.84 Å². The van der Waals surface area contributed by atoms with E-state index in [2.05, 4.69) is 35.3 Å². The summed E-state index contributed by atoms with van der Waals surface area (Å²) in [6.07, 6.45) is 0. The van der Waals surface area contributed by atoms with Gasteiger partial charge in [-0.2, -0.15) is 0 Å². The number of nitrogens with two attached hydrogens (primary N) is 1. The first-order chi connectivity index (χ1) is 10.6. The molecule has 3 aromatic rings. The van der Waals surface area contributed by atoms with Gasteiger partial charge in [0.1, 0.15) is 0 Å². The van der Waals surface area contributed by atoms with Crippen molar-refractivity contribution in [3.05, 3.63) is 64.7 Å². The molecule has 0 aliphatic carbocycles. The van der Waals surface area contributed by atoms with Crippen molar-refractivity contribution in [3.63, 3.8) is 0 Å². The summed E-state index contributed by atoms with van der Waals surface area (Å²) in [5.41, 5.74) is 3.25. The maximum absolute atomic E-state index is 6.19. The fourth-order valence-corrected chi connectivity index (χ4v) is 3.17. The second-order valence-corrected chi connectivity index (χ2v) is 6.28. The Bertz CT molecular complexity index is 800. The summed E-state index contributed by atoms with van der Waals surface area (Å²) < 4.78 is 1.49. The molecule has 0 atom stereocenters. The molecule has 1 aromatic heterocycles. The molecule has 0 bridgehead atoms. The Morgan fingerprint density at radius 1 is 1.14 bits per heavy atom. The second kappa shape index (κ2) is 6.42. The van der Waals surface area contributed by atoms with Crippen molar-refractivity contribution in [1.82, 2.24) is 14.9 Å². The third-order valence-electron chi connectivity index (χ3n) is 3.23. The van der Waals surface area contributed by atoms with E-state index in [0.29, 0.717) is 16.0 Å². The Kier molecular flexibility index (Phi) is 4.36. The largest absolute Gasteiger partial charge is 0.335 e. The number of rotatable bonds is 4. The monoisotopic (exact) mass is 330 g/mol. The van der Waals surface area contributed by atoms with Crippen LogP contribution in [-0.4, -0.2) is 14.9 Å². The first kappa shape index (κ1) is 14.9. The average Bonchev–Trinajstić information content (AvgIpc) is 2.87. The molecule has 0 fully saturated rings. The van der Waals surface area contributed by atoms with Gasteiger partial charge in [-0.05, 0) is 24.6 Å². The highest BCUT2D eigenvalue weighted by Gasteiger charge is 2.14. The van der Waals surface area contributed by atoms with Crippen molar-refractivity contribution >= 4 is 23.4 Å². The predicted octanol–water partition coefficient (Wildman–Crippen LogP) is 3.91. The van der Waals surface area contributed by atoms with Crippen molar-refractivity contribution in [1.29, 1.82) is 0 Å². The first-order valence-corrected chi connectivity index (χ1v) is 8.15. The molecule has 4 nitrogen and oxygen atoms in total. The lowest BCUT2D eigenvalue weighted by Gasteiger charge is -2.05. The molecule has 112 valence electrons. The summed E-state index contributed by atoms with van der Waals surface area (Å²) in [7, 11) is 0. The van der Waals surface area contributed by atoms with Crippen LogP contribution in [-0.2, 0) is 5.75 Å². The molecule has 0 radical (unpaired) electrons. The normalized spacial score (nSPS) is 10.8. The number of nitrogens with zero attached hydrogens (tertiary/aromatic N) is 3. The minimum Gasteiger partial charge on any atom is -0.335 e. The molecule has 0 aliphatic heterocycles. The van der Waals surface area contributed by atoms with Gasteiger partial charge in [-0.25, -0.2) is 4.68 Å². The summed E-state index contributed by atoms with van der Waals surface area (Å²) >= 11 is 7.74. The van der Waals surface area contributed by atoms with E-state index in [1.165, 1.54) is 15.8 Å². The molecule has 2 N–H and O–H groups in total. The summed E-state index contributed by atoms with van der Waals surface area (Å²) in [4.78, 5) is 0. The predicted molar refractivity (Wildman–Crippen MR) is 91.4 cm³/mol. The standard InChI is InChI=1S/C16H15ClN4S/c1-11-5-4-6-12(9-11)10-22-16-20-19-15(21(16)18)13-7-2-3-8-14(13)17/h2-9H,10,18H2,1H3. The van der Waals surface area contributed by atoms with Gasteiger partial charge in [0.2, 0.25) is 5.16 Å². The van der Waals surface area contributed by atoms with Gasteiger partial charge >= 0.3 is 0 Å². The van der Waals surface area contributed by atoms with Gasteiger partial charge in [0.05, 0.1) is 5.02 Å². The molecular formula is C16H15ClN4S. The maximum atomic E-state index is 6.19. The van der Waals surface area contributed by atoms with E-state index >= 15 is 0 Å². The highest BCUT2D eigenvalue weighted by Crippen LogP contribution is 2.28. The molecule has 2 aromatic carbocycles. The van der Waals surface area contributed by atoms with E-state index in [4.69, 9.17) is 17.4 Å². The minimum atomic E-state index is 0.567. The lowest BCUT2D eigenvalue weighted by atomic mass is 10.2.